The Morgan fingerprint density at radius 1 is 1.22 bits per heavy atom. The molecule has 2 N–H and O–H groups in total. The lowest BCUT2D eigenvalue weighted by atomic mass is 10.2. The van der Waals surface area contributed by atoms with Crippen molar-refractivity contribution >= 4 is 0 Å². The molecule has 0 aliphatic heterocycles. The minimum absolute atomic E-state index is 0.104. The summed E-state index contributed by atoms with van der Waals surface area (Å²) in [5.74, 6) is 0.897. The van der Waals surface area contributed by atoms with E-state index >= 15 is 0 Å². The summed E-state index contributed by atoms with van der Waals surface area (Å²) >= 11 is 0. The van der Waals surface area contributed by atoms with Crippen LogP contribution in [0.1, 0.15) is 24.2 Å². The largest absolute Gasteiger partial charge is 0.438 e. The van der Waals surface area contributed by atoms with Gasteiger partial charge in [-0.2, -0.15) is 0 Å². The number of hydrogen-bond donors (Lipinski definition) is 2. The maximum Gasteiger partial charge on any atom is 0.225 e. The van der Waals surface area contributed by atoms with Gasteiger partial charge in [-0.1, -0.05) is 18.2 Å². The number of aromatic nitrogens is 1. The van der Waals surface area contributed by atoms with Crippen molar-refractivity contribution in [3.63, 3.8) is 0 Å². The molecule has 1 heterocycles. The van der Waals surface area contributed by atoms with Crippen molar-refractivity contribution in [3.05, 3.63) is 53.7 Å². The van der Waals surface area contributed by atoms with Crippen molar-refractivity contribution in [1.82, 2.24) is 4.98 Å². The van der Waals surface area contributed by atoms with Crippen LogP contribution < -0.4 is 4.74 Å². The van der Waals surface area contributed by atoms with E-state index in [4.69, 9.17) is 4.74 Å². The summed E-state index contributed by atoms with van der Waals surface area (Å²) in [6.45, 7) is 1.55. The molecule has 2 rings (SSSR count). The SMILES string of the molecule is CC(O)c1cccnc1Oc1ccccc1CO. The van der Waals surface area contributed by atoms with E-state index in [-0.39, 0.29) is 6.61 Å². The smallest absolute Gasteiger partial charge is 0.225 e. The van der Waals surface area contributed by atoms with E-state index in [0.717, 1.165) is 0 Å². The lowest BCUT2D eigenvalue weighted by molar-refractivity contribution is 0.194. The summed E-state index contributed by atoms with van der Waals surface area (Å²) in [5, 5.41) is 18.9. The summed E-state index contributed by atoms with van der Waals surface area (Å²) in [5.41, 5.74) is 1.30. The molecule has 4 nitrogen and oxygen atoms in total. The fourth-order valence-corrected chi connectivity index (χ4v) is 1.64. The average Bonchev–Trinajstić information content (AvgIpc) is 2.40. The van der Waals surface area contributed by atoms with Crippen LogP contribution in [0.3, 0.4) is 0 Å². The van der Waals surface area contributed by atoms with E-state index in [0.29, 0.717) is 22.8 Å². The van der Waals surface area contributed by atoms with Gasteiger partial charge in [-0.25, -0.2) is 4.98 Å². The Bertz CT molecular complexity index is 526. The van der Waals surface area contributed by atoms with Crippen molar-refractivity contribution in [2.75, 3.05) is 0 Å². The Morgan fingerprint density at radius 3 is 2.72 bits per heavy atom. The van der Waals surface area contributed by atoms with Crippen LogP contribution in [0.5, 0.6) is 11.6 Å². The normalized spacial score (nSPS) is 12.2. The molecular weight excluding hydrogens is 230 g/mol. The van der Waals surface area contributed by atoms with Crippen LogP contribution in [-0.4, -0.2) is 15.2 Å². The Balaban J connectivity index is 2.34. The number of pyridine rings is 1. The Labute approximate surface area is 106 Å². The monoisotopic (exact) mass is 245 g/mol. The highest BCUT2D eigenvalue weighted by molar-refractivity contribution is 5.38. The first kappa shape index (κ1) is 12.5. The summed E-state index contributed by atoms with van der Waals surface area (Å²) < 4.78 is 5.66. The number of aliphatic hydroxyl groups is 2. The Morgan fingerprint density at radius 2 is 2.00 bits per heavy atom. The minimum Gasteiger partial charge on any atom is -0.438 e. The fraction of sp³-hybridized carbons (Fsp3) is 0.214. The maximum absolute atomic E-state index is 9.64. The number of para-hydroxylation sites is 1. The molecule has 0 aliphatic carbocycles. The second-order valence-corrected chi connectivity index (χ2v) is 3.94. The third-order valence-corrected chi connectivity index (χ3v) is 2.60. The molecule has 1 unspecified atom stereocenters. The van der Waals surface area contributed by atoms with Crippen LogP contribution in [-0.2, 0) is 6.61 Å². The van der Waals surface area contributed by atoms with Crippen molar-refractivity contribution < 1.29 is 14.9 Å². The van der Waals surface area contributed by atoms with Gasteiger partial charge in [0.2, 0.25) is 5.88 Å². The molecule has 0 saturated carbocycles. The Hall–Kier alpha value is -1.91. The highest BCUT2D eigenvalue weighted by Gasteiger charge is 2.12. The molecule has 0 radical (unpaired) electrons. The van der Waals surface area contributed by atoms with Gasteiger partial charge >= 0.3 is 0 Å². The minimum atomic E-state index is -0.657. The molecule has 0 spiro atoms. The first-order valence-electron chi connectivity index (χ1n) is 5.72. The molecule has 2 aromatic rings. The molecule has 1 aromatic carbocycles. The lowest BCUT2D eigenvalue weighted by Gasteiger charge is -2.13. The number of nitrogens with zero attached hydrogens (tertiary/aromatic N) is 1. The van der Waals surface area contributed by atoms with Crippen LogP contribution in [0.2, 0.25) is 0 Å². The molecule has 94 valence electrons. The molecule has 0 bridgehead atoms. The molecule has 1 atom stereocenters. The zero-order valence-electron chi connectivity index (χ0n) is 10.1. The van der Waals surface area contributed by atoms with E-state index in [1.807, 2.05) is 12.1 Å². The molecule has 1 aromatic heterocycles. The van der Waals surface area contributed by atoms with Gasteiger partial charge in [0.15, 0.2) is 0 Å². The van der Waals surface area contributed by atoms with Gasteiger partial charge in [0.05, 0.1) is 12.7 Å². The van der Waals surface area contributed by atoms with Gasteiger partial charge in [0, 0.05) is 17.3 Å². The second-order valence-electron chi connectivity index (χ2n) is 3.94. The van der Waals surface area contributed by atoms with Crippen LogP contribution in [0, 0.1) is 0 Å². The van der Waals surface area contributed by atoms with Crippen molar-refractivity contribution in [3.8, 4) is 11.6 Å². The second kappa shape index (κ2) is 5.62. The van der Waals surface area contributed by atoms with Gasteiger partial charge in [0.1, 0.15) is 5.75 Å². The number of rotatable bonds is 4. The van der Waals surface area contributed by atoms with Gasteiger partial charge in [0.25, 0.3) is 0 Å². The third-order valence-electron chi connectivity index (χ3n) is 2.60. The number of aliphatic hydroxyl groups excluding tert-OH is 2. The van der Waals surface area contributed by atoms with Crippen molar-refractivity contribution in [2.24, 2.45) is 0 Å². The van der Waals surface area contributed by atoms with Crippen LogP contribution >= 0.6 is 0 Å². The molecule has 0 saturated heterocycles. The quantitative estimate of drug-likeness (QED) is 0.868. The summed E-state index contributed by atoms with van der Waals surface area (Å²) in [6, 6.07) is 10.7. The first-order chi connectivity index (χ1) is 8.72. The Kier molecular flexibility index (Phi) is 3.92. The fourth-order valence-electron chi connectivity index (χ4n) is 1.64. The van der Waals surface area contributed by atoms with E-state index in [2.05, 4.69) is 4.98 Å². The lowest BCUT2D eigenvalue weighted by Crippen LogP contribution is -1.99. The van der Waals surface area contributed by atoms with Gasteiger partial charge in [-0.3, -0.25) is 0 Å². The van der Waals surface area contributed by atoms with Crippen LogP contribution in [0.25, 0.3) is 0 Å². The molecule has 4 heteroatoms. The van der Waals surface area contributed by atoms with Crippen molar-refractivity contribution in [1.29, 1.82) is 0 Å². The first-order valence-corrected chi connectivity index (χ1v) is 5.72. The predicted molar refractivity (Wildman–Crippen MR) is 67.3 cm³/mol. The van der Waals surface area contributed by atoms with E-state index in [1.54, 1.807) is 37.4 Å². The van der Waals surface area contributed by atoms with Crippen molar-refractivity contribution in [2.45, 2.75) is 19.6 Å². The van der Waals surface area contributed by atoms with Gasteiger partial charge < -0.3 is 14.9 Å². The maximum atomic E-state index is 9.64. The van der Waals surface area contributed by atoms with Crippen LogP contribution in [0.4, 0.5) is 0 Å². The summed E-state index contributed by atoms with van der Waals surface area (Å²) in [6.07, 6.45) is 0.943. The van der Waals surface area contributed by atoms with E-state index < -0.39 is 6.10 Å². The molecule has 0 amide bonds. The number of benzene rings is 1. The van der Waals surface area contributed by atoms with E-state index in [1.165, 1.54) is 0 Å². The predicted octanol–water partition coefficient (Wildman–Crippen LogP) is 2.42. The zero-order chi connectivity index (χ0) is 13.0. The summed E-state index contributed by atoms with van der Waals surface area (Å²) in [4.78, 5) is 4.11. The highest BCUT2D eigenvalue weighted by atomic mass is 16.5. The van der Waals surface area contributed by atoms with E-state index in [9.17, 15) is 10.2 Å². The zero-order valence-corrected chi connectivity index (χ0v) is 10.1. The van der Waals surface area contributed by atoms with Gasteiger partial charge in [-0.15, -0.1) is 0 Å². The molecule has 0 fully saturated rings. The third kappa shape index (κ3) is 2.67. The molecule has 18 heavy (non-hydrogen) atoms. The molecule has 0 aliphatic rings. The summed E-state index contributed by atoms with van der Waals surface area (Å²) in [7, 11) is 0. The van der Waals surface area contributed by atoms with Crippen LogP contribution in [0.15, 0.2) is 42.6 Å². The number of hydrogen-bond acceptors (Lipinski definition) is 4. The van der Waals surface area contributed by atoms with Gasteiger partial charge in [-0.05, 0) is 25.1 Å². The standard InChI is InChI=1S/C14H15NO3/c1-10(17)12-6-4-8-15-14(12)18-13-7-3-2-5-11(13)9-16/h2-8,10,16-17H,9H2,1H3. The molecular formula is C14H15NO3. The average molecular weight is 245 g/mol. The number of ether oxygens (including phenoxy) is 1. The highest BCUT2D eigenvalue weighted by Crippen LogP contribution is 2.29. The topological polar surface area (TPSA) is 62.6 Å².